The summed E-state index contributed by atoms with van der Waals surface area (Å²) in [5, 5.41) is 8.87. The summed E-state index contributed by atoms with van der Waals surface area (Å²) in [6, 6.07) is 0. The molecule has 3 nitrogen and oxygen atoms in total. The van der Waals surface area contributed by atoms with Crippen molar-refractivity contribution >= 4 is 46.9 Å². The number of hydrogen-bond donors (Lipinski definition) is 1. The molecule has 0 aromatic heterocycles. The summed E-state index contributed by atoms with van der Waals surface area (Å²) in [5.41, 5.74) is -0.0475. The molecule has 2 rings (SSSR count). The SMILES string of the molecule is CC.CI.O=CC[C@H]1CCCC1C=O.OC1CCCCS1. The maximum Gasteiger partial charge on any atom is 0.123 e. The van der Waals surface area contributed by atoms with Gasteiger partial charge in [0.2, 0.25) is 0 Å². The predicted octanol–water partition coefficient (Wildman–Crippen LogP) is 4.49. The Bertz CT molecular complexity index is 234. The lowest BCUT2D eigenvalue weighted by molar-refractivity contribution is -0.113. The summed E-state index contributed by atoms with van der Waals surface area (Å²) < 4.78 is 0. The van der Waals surface area contributed by atoms with E-state index < -0.39 is 0 Å². The van der Waals surface area contributed by atoms with Crippen LogP contribution in [0.3, 0.4) is 0 Å². The molecule has 1 aliphatic heterocycles. The van der Waals surface area contributed by atoms with Gasteiger partial charge in [0, 0.05) is 12.3 Å². The topological polar surface area (TPSA) is 54.4 Å². The van der Waals surface area contributed by atoms with Crippen LogP contribution in [0.5, 0.6) is 0 Å². The highest BCUT2D eigenvalue weighted by Crippen LogP contribution is 2.31. The van der Waals surface area contributed by atoms with Crippen LogP contribution in [0.25, 0.3) is 0 Å². The summed E-state index contributed by atoms with van der Waals surface area (Å²) >= 11 is 3.82. The fourth-order valence-corrected chi connectivity index (χ4v) is 3.36. The number of aliphatic hydroxyl groups is 1. The summed E-state index contributed by atoms with van der Waals surface area (Å²) in [5.74, 6) is 1.68. The van der Waals surface area contributed by atoms with Gasteiger partial charge in [0.05, 0.1) is 5.44 Å². The first-order valence-electron chi connectivity index (χ1n) is 7.84. The molecule has 0 aromatic carbocycles. The molecule has 0 bridgehead atoms. The van der Waals surface area contributed by atoms with Gasteiger partial charge in [-0.25, -0.2) is 0 Å². The largest absolute Gasteiger partial charge is 0.382 e. The maximum atomic E-state index is 10.4. The monoisotopic (exact) mass is 430 g/mol. The van der Waals surface area contributed by atoms with E-state index in [0.29, 0.717) is 12.3 Å². The van der Waals surface area contributed by atoms with E-state index in [1.807, 2.05) is 18.8 Å². The summed E-state index contributed by atoms with van der Waals surface area (Å²) in [6.45, 7) is 4.00. The Morgan fingerprint density at radius 3 is 2.14 bits per heavy atom. The molecule has 0 spiro atoms. The smallest absolute Gasteiger partial charge is 0.123 e. The van der Waals surface area contributed by atoms with Gasteiger partial charge in [-0.3, -0.25) is 0 Å². The molecule has 2 fully saturated rings. The fourth-order valence-electron chi connectivity index (χ4n) is 2.38. The van der Waals surface area contributed by atoms with E-state index in [4.69, 9.17) is 5.11 Å². The Balaban J connectivity index is 0. The Kier molecular flexibility index (Phi) is 20.7. The van der Waals surface area contributed by atoms with Crippen LogP contribution < -0.4 is 0 Å². The average Bonchev–Trinajstić information content (AvgIpc) is 3.00. The molecule has 21 heavy (non-hydrogen) atoms. The molecule has 0 aromatic rings. The molecule has 1 N–H and O–H groups in total. The molecule has 1 saturated heterocycles. The third kappa shape index (κ3) is 12.6. The quantitative estimate of drug-likeness (QED) is 0.407. The van der Waals surface area contributed by atoms with E-state index in [1.165, 1.54) is 12.8 Å². The zero-order valence-electron chi connectivity index (χ0n) is 13.6. The van der Waals surface area contributed by atoms with Gasteiger partial charge in [0.1, 0.15) is 12.6 Å². The minimum Gasteiger partial charge on any atom is -0.382 e. The Hall–Kier alpha value is 0.380. The second kappa shape index (κ2) is 18.4. The molecule has 1 saturated carbocycles. The lowest BCUT2D eigenvalue weighted by atomic mass is 9.95. The van der Waals surface area contributed by atoms with Crippen molar-refractivity contribution in [1.29, 1.82) is 0 Å². The van der Waals surface area contributed by atoms with Crippen LogP contribution in [-0.4, -0.2) is 33.8 Å². The Morgan fingerprint density at radius 1 is 1.10 bits per heavy atom. The van der Waals surface area contributed by atoms with Crippen LogP contribution in [0.1, 0.15) is 58.8 Å². The first-order chi connectivity index (χ1) is 10.3. The molecule has 2 aliphatic rings. The first-order valence-corrected chi connectivity index (χ1v) is 11.0. The first kappa shape index (κ1) is 23.6. The Morgan fingerprint density at radius 2 is 1.76 bits per heavy atom. The second-order valence-corrected chi connectivity index (χ2v) is 6.00. The molecule has 1 aliphatic carbocycles. The molecule has 0 amide bonds. The van der Waals surface area contributed by atoms with E-state index >= 15 is 0 Å². The van der Waals surface area contributed by atoms with Gasteiger partial charge in [-0.15, -0.1) is 11.8 Å². The van der Waals surface area contributed by atoms with Gasteiger partial charge in [-0.2, -0.15) is 0 Å². The van der Waals surface area contributed by atoms with Gasteiger partial charge >= 0.3 is 0 Å². The maximum absolute atomic E-state index is 10.4. The van der Waals surface area contributed by atoms with Crippen LogP contribution in [0.15, 0.2) is 0 Å². The third-order valence-electron chi connectivity index (χ3n) is 3.45. The van der Waals surface area contributed by atoms with Crippen molar-refractivity contribution in [2.45, 2.75) is 64.2 Å². The zero-order chi connectivity index (χ0) is 16.5. The van der Waals surface area contributed by atoms with Crippen molar-refractivity contribution in [2.24, 2.45) is 11.8 Å². The van der Waals surface area contributed by atoms with Crippen molar-refractivity contribution in [2.75, 3.05) is 10.7 Å². The highest BCUT2D eigenvalue weighted by Gasteiger charge is 2.25. The van der Waals surface area contributed by atoms with Crippen LogP contribution in [-0.2, 0) is 9.59 Å². The van der Waals surface area contributed by atoms with Crippen LogP contribution in [0.2, 0.25) is 0 Å². The molecule has 5 heteroatoms. The summed E-state index contributed by atoms with van der Waals surface area (Å²) in [6.07, 6.45) is 9.17. The summed E-state index contributed by atoms with van der Waals surface area (Å²) in [7, 11) is 0. The number of rotatable bonds is 3. The van der Waals surface area contributed by atoms with Gasteiger partial charge < -0.3 is 14.7 Å². The highest BCUT2D eigenvalue weighted by molar-refractivity contribution is 14.1. The third-order valence-corrected chi connectivity index (χ3v) is 4.59. The number of thioether (sulfide) groups is 1. The van der Waals surface area contributed by atoms with E-state index in [9.17, 15) is 9.59 Å². The molecule has 126 valence electrons. The van der Waals surface area contributed by atoms with Crippen LogP contribution in [0, 0.1) is 11.8 Å². The minimum absolute atomic E-state index is 0.0475. The van der Waals surface area contributed by atoms with E-state index in [1.54, 1.807) is 11.8 Å². The van der Waals surface area contributed by atoms with Crippen molar-refractivity contribution in [1.82, 2.24) is 0 Å². The zero-order valence-corrected chi connectivity index (χ0v) is 16.6. The van der Waals surface area contributed by atoms with E-state index in [0.717, 1.165) is 44.0 Å². The second-order valence-electron chi connectivity index (χ2n) is 4.71. The highest BCUT2D eigenvalue weighted by atomic mass is 127. The average molecular weight is 430 g/mol. The Labute approximate surface area is 148 Å². The van der Waals surface area contributed by atoms with Crippen molar-refractivity contribution in [3.05, 3.63) is 0 Å². The lowest BCUT2D eigenvalue weighted by Gasteiger charge is -2.14. The number of carbonyl (C=O) groups is 2. The minimum atomic E-state index is -0.0475. The van der Waals surface area contributed by atoms with Crippen molar-refractivity contribution < 1.29 is 14.7 Å². The molecular weight excluding hydrogens is 399 g/mol. The van der Waals surface area contributed by atoms with Gasteiger partial charge in [0.25, 0.3) is 0 Å². The van der Waals surface area contributed by atoms with Gasteiger partial charge in [-0.1, -0.05) is 42.9 Å². The van der Waals surface area contributed by atoms with Gasteiger partial charge in [0.15, 0.2) is 0 Å². The molecular formula is C16H31IO3S. The number of aldehydes is 2. The number of alkyl halides is 1. The van der Waals surface area contributed by atoms with Gasteiger partial charge in [-0.05, 0) is 48.7 Å². The number of aliphatic hydroxyl groups excluding tert-OH is 1. The number of halogens is 1. The van der Waals surface area contributed by atoms with Crippen molar-refractivity contribution in [3.63, 3.8) is 0 Å². The van der Waals surface area contributed by atoms with Crippen molar-refractivity contribution in [3.8, 4) is 0 Å². The summed E-state index contributed by atoms with van der Waals surface area (Å²) in [4.78, 5) is 22.5. The number of carbonyl (C=O) groups excluding carboxylic acids is 2. The van der Waals surface area contributed by atoms with Crippen LogP contribution in [0.4, 0.5) is 0 Å². The standard InChI is InChI=1S/C8H12O2.C5H10OS.C2H6.CH3I/c9-5-4-7-2-1-3-8(7)6-10;6-5-3-1-2-4-7-5;2*1-2/h5-8H,1-4H2;5-6H,1-4H2;1-2H3;1H3/t7-,8?;;;/m1.../s1. The molecule has 0 radical (unpaired) electrons. The number of hydrogen-bond acceptors (Lipinski definition) is 4. The normalized spacial score (nSPS) is 26.8. The lowest BCUT2D eigenvalue weighted by Crippen LogP contribution is -2.09. The molecule has 1 heterocycles. The fraction of sp³-hybridized carbons (Fsp3) is 0.875. The molecule has 3 atom stereocenters. The van der Waals surface area contributed by atoms with E-state index in [2.05, 4.69) is 22.6 Å². The molecule has 2 unspecified atom stereocenters. The van der Waals surface area contributed by atoms with Crippen LogP contribution >= 0.6 is 34.4 Å². The van der Waals surface area contributed by atoms with E-state index in [-0.39, 0.29) is 11.4 Å². The predicted molar refractivity (Wildman–Crippen MR) is 101 cm³/mol.